The highest BCUT2D eigenvalue weighted by atomic mass is 19.1. The van der Waals surface area contributed by atoms with Crippen LogP contribution in [0.5, 0.6) is 0 Å². The third-order valence-corrected chi connectivity index (χ3v) is 5.18. The van der Waals surface area contributed by atoms with Crippen LogP contribution in [0.3, 0.4) is 0 Å². The highest BCUT2D eigenvalue weighted by Gasteiger charge is 2.26. The standard InChI is InChI=1S/C23H15FN6O/c1-2-15-5-8-20-18(9-15)23-28-27-22(13-31-12-16-3-6-17(24)7-4-16)29(23)11-21-19(10-25)26-14-30(20)21/h1,3-9,14H,11-13H2. The minimum atomic E-state index is -0.290. The van der Waals surface area contributed by atoms with Crippen molar-refractivity contribution in [3.63, 3.8) is 0 Å². The number of hydrogen-bond acceptors (Lipinski definition) is 5. The SMILES string of the molecule is C#Cc1ccc2c(c1)-c1nnc(COCc3ccc(F)cc3)n1Cc1c(C#N)ncn1-2. The van der Waals surface area contributed by atoms with Crippen molar-refractivity contribution < 1.29 is 9.13 Å². The Balaban J connectivity index is 1.53. The topological polar surface area (TPSA) is 81.6 Å². The van der Waals surface area contributed by atoms with Crippen molar-refractivity contribution in [1.82, 2.24) is 24.3 Å². The van der Waals surface area contributed by atoms with Crippen LogP contribution in [0.4, 0.5) is 4.39 Å². The van der Waals surface area contributed by atoms with Crippen molar-refractivity contribution in [1.29, 1.82) is 5.26 Å². The van der Waals surface area contributed by atoms with Crippen molar-refractivity contribution >= 4 is 0 Å². The summed E-state index contributed by atoms with van der Waals surface area (Å²) in [5, 5.41) is 18.2. The molecule has 0 aliphatic carbocycles. The minimum absolute atomic E-state index is 0.199. The first kappa shape index (κ1) is 18.7. The molecule has 0 saturated heterocycles. The quantitative estimate of drug-likeness (QED) is 0.425. The first-order chi connectivity index (χ1) is 15.2. The Morgan fingerprint density at radius 1 is 1.13 bits per heavy atom. The van der Waals surface area contributed by atoms with Crippen LogP contribution >= 0.6 is 0 Å². The molecule has 0 amide bonds. The summed E-state index contributed by atoms with van der Waals surface area (Å²) >= 11 is 0. The predicted molar refractivity (Wildman–Crippen MR) is 109 cm³/mol. The van der Waals surface area contributed by atoms with Crippen LogP contribution in [0.2, 0.25) is 0 Å². The van der Waals surface area contributed by atoms with Crippen molar-refractivity contribution in [2.75, 3.05) is 0 Å². The molecule has 7 nitrogen and oxygen atoms in total. The van der Waals surface area contributed by atoms with Gasteiger partial charge in [0, 0.05) is 11.1 Å². The maximum atomic E-state index is 13.1. The van der Waals surface area contributed by atoms with Crippen LogP contribution in [0.15, 0.2) is 48.8 Å². The van der Waals surface area contributed by atoms with E-state index in [-0.39, 0.29) is 12.4 Å². The van der Waals surface area contributed by atoms with Gasteiger partial charge >= 0.3 is 0 Å². The van der Waals surface area contributed by atoms with Gasteiger partial charge in [0.05, 0.1) is 24.5 Å². The molecule has 0 fully saturated rings. The average Bonchev–Trinajstić information content (AvgIpc) is 3.36. The molecular weight excluding hydrogens is 395 g/mol. The van der Waals surface area contributed by atoms with Gasteiger partial charge in [-0.15, -0.1) is 16.6 Å². The van der Waals surface area contributed by atoms with Gasteiger partial charge in [-0.25, -0.2) is 9.37 Å². The molecule has 1 aliphatic heterocycles. The van der Waals surface area contributed by atoms with Gasteiger partial charge in [0.1, 0.15) is 24.8 Å². The lowest BCUT2D eigenvalue weighted by molar-refractivity contribution is 0.0993. The Labute approximate surface area is 177 Å². The second kappa shape index (κ2) is 7.52. The lowest BCUT2D eigenvalue weighted by Crippen LogP contribution is -2.09. The molecule has 0 atom stereocenters. The van der Waals surface area contributed by atoms with Crippen LogP contribution in [-0.4, -0.2) is 24.3 Å². The Kier molecular flexibility index (Phi) is 4.55. The Bertz CT molecular complexity index is 1370. The number of nitriles is 1. The molecule has 1 aliphatic rings. The summed E-state index contributed by atoms with van der Waals surface area (Å²) in [4.78, 5) is 4.24. The van der Waals surface area contributed by atoms with E-state index in [0.29, 0.717) is 36.1 Å². The van der Waals surface area contributed by atoms with Crippen molar-refractivity contribution in [3.05, 3.63) is 82.9 Å². The molecule has 0 N–H and O–H groups in total. The van der Waals surface area contributed by atoms with E-state index in [4.69, 9.17) is 11.2 Å². The molecule has 0 saturated carbocycles. The monoisotopic (exact) mass is 410 g/mol. The van der Waals surface area contributed by atoms with E-state index in [1.807, 2.05) is 27.3 Å². The van der Waals surface area contributed by atoms with E-state index in [0.717, 1.165) is 22.5 Å². The average molecular weight is 410 g/mol. The van der Waals surface area contributed by atoms with Crippen LogP contribution in [-0.2, 0) is 24.5 Å². The third-order valence-electron chi connectivity index (χ3n) is 5.18. The maximum Gasteiger partial charge on any atom is 0.166 e. The predicted octanol–water partition coefficient (Wildman–Crippen LogP) is 3.20. The number of fused-ring (bicyclic) bond motifs is 5. The zero-order valence-electron chi connectivity index (χ0n) is 16.3. The number of hydrogen-bond donors (Lipinski definition) is 0. The molecule has 150 valence electrons. The van der Waals surface area contributed by atoms with Gasteiger partial charge in [-0.05, 0) is 35.9 Å². The van der Waals surface area contributed by atoms with Gasteiger partial charge in [0.25, 0.3) is 0 Å². The van der Waals surface area contributed by atoms with Crippen LogP contribution in [0, 0.1) is 29.5 Å². The van der Waals surface area contributed by atoms with Gasteiger partial charge in [0.15, 0.2) is 17.3 Å². The maximum absolute atomic E-state index is 13.1. The Hall–Kier alpha value is -4.27. The second-order valence-corrected chi connectivity index (χ2v) is 7.04. The van der Waals surface area contributed by atoms with Crippen molar-refractivity contribution in [3.8, 4) is 35.5 Å². The van der Waals surface area contributed by atoms with E-state index in [2.05, 4.69) is 27.2 Å². The summed E-state index contributed by atoms with van der Waals surface area (Å²) < 4.78 is 22.7. The summed E-state index contributed by atoms with van der Waals surface area (Å²) in [5.41, 5.74) is 4.26. The van der Waals surface area contributed by atoms with Crippen LogP contribution < -0.4 is 0 Å². The lowest BCUT2D eigenvalue weighted by Gasteiger charge is -2.09. The van der Waals surface area contributed by atoms with E-state index in [1.165, 1.54) is 12.1 Å². The van der Waals surface area contributed by atoms with Gasteiger partial charge in [0.2, 0.25) is 0 Å². The van der Waals surface area contributed by atoms with Crippen LogP contribution in [0.25, 0.3) is 17.1 Å². The fourth-order valence-electron chi connectivity index (χ4n) is 3.64. The van der Waals surface area contributed by atoms with Crippen LogP contribution in [0.1, 0.15) is 28.3 Å². The molecule has 8 heteroatoms. The normalized spacial score (nSPS) is 11.6. The molecule has 0 bridgehead atoms. The summed E-state index contributed by atoms with van der Waals surface area (Å²) in [6.07, 6.45) is 7.23. The summed E-state index contributed by atoms with van der Waals surface area (Å²) in [6.45, 7) is 0.868. The van der Waals surface area contributed by atoms with E-state index < -0.39 is 0 Å². The fraction of sp³-hybridized carbons (Fsp3) is 0.130. The molecule has 0 unspecified atom stereocenters. The molecule has 31 heavy (non-hydrogen) atoms. The zero-order chi connectivity index (χ0) is 21.4. The first-order valence-electron chi connectivity index (χ1n) is 9.50. The molecule has 5 rings (SSSR count). The number of benzene rings is 2. The number of imidazole rings is 1. The highest BCUT2D eigenvalue weighted by molar-refractivity contribution is 5.71. The Morgan fingerprint density at radius 2 is 1.97 bits per heavy atom. The van der Waals surface area contributed by atoms with Crippen molar-refractivity contribution in [2.45, 2.75) is 19.8 Å². The Morgan fingerprint density at radius 3 is 2.74 bits per heavy atom. The van der Waals surface area contributed by atoms with E-state index in [1.54, 1.807) is 18.5 Å². The number of ether oxygens (including phenoxy) is 1. The molecule has 2 aromatic carbocycles. The lowest BCUT2D eigenvalue weighted by atomic mass is 10.1. The molecule has 0 spiro atoms. The first-order valence-corrected chi connectivity index (χ1v) is 9.50. The van der Waals surface area contributed by atoms with Gasteiger partial charge in [-0.1, -0.05) is 18.1 Å². The van der Waals surface area contributed by atoms with Gasteiger partial charge < -0.3 is 9.30 Å². The molecule has 3 heterocycles. The van der Waals surface area contributed by atoms with Gasteiger partial charge in [-0.2, -0.15) is 5.26 Å². The van der Waals surface area contributed by atoms with Gasteiger partial charge in [-0.3, -0.25) is 4.57 Å². The summed E-state index contributed by atoms with van der Waals surface area (Å²) in [5.74, 6) is 3.60. The summed E-state index contributed by atoms with van der Waals surface area (Å²) in [7, 11) is 0. The largest absolute Gasteiger partial charge is 0.369 e. The summed E-state index contributed by atoms with van der Waals surface area (Å²) in [6, 6.07) is 13.9. The second-order valence-electron chi connectivity index (χ2n) is 7.04. The molecule has 4 aromatic rings. The molecular formula is C23H15FN6O. The third kappa shape index (κ3) is 3.25. The smallest absolute Gasteiger partial charge is 0.166 e. The number of aromatic nitrogens is 5. The van der Waals surface area contributed by atoms with Crippen molar-refractivity contribution in [2.24, 2.45) is 0 Å². The molecule has 0 radical (unpaired) electrons. The number of nitrogens with zero attached hydrogens (tertiary/aromatic N) is 6. The number of terminal acetylenes is 1. The fourth-order valence-corrected chi connectivity index (χ4v) is 3.64. The molecule has 2 aromatic heterocycles. The zero-order valence-corrected chi connectivity index (χ0v) is 16.3. The van der Waals surface area contributed by atoms with E-state index >= 15 is 0 Å². The number of halogens is 1. The minimum Gasteiger partial charge on any atom is -0.369 e. The number of rotatable bonds is 4. The highest BCUT2D eigenvalue weighted by Crippen LogP contribution is 2.33. The van der Waals surface area contributed by atoms with E-state index in [9.17, 15) is 9.65 Å².